The lowest BCUT2D eigenvalue weighted by Gasteiger charge is -2.32. The molecule has 3 aliphatic rings. The van der Waals surface area contributed by atoms with E-state index < -0.39 is 11.6 Å². The molecule has 0 spiro atoms. The van der Waals surface area contributed by atoms with Crippen molar-refractivity contribution in [2.75, 3.05) is 19.6 Å². The molecule has 6 nitrogen and oxygen atoms in total. The number of likely N-dealkylation sites (tertiary alicyclic amines) is 1. The third kappa shape index (κ3) is 1.59. The van der Waals surface area contributed by atoms with Crippen molar-refractivity contribution in [3.05, 3.63) is 0 Å². The number of carbonyl (C=O) groups excluding carboxylic acids is 3. The Morgan fingerprint density at radius 3 is 2.56 bits per heavy atom. The van der Waals surface area contributed by atoms with Crippen LogP contribution in [0.15, 0.2) is 0 Å². The number of imide groups is 1. The summed E-state index contributed by atoms with van der Waals surface area (Å²) in [6, 6.07) is -0.428. The molecular weight excluding hydrogens is 234 g/mol. The molecule has 0 aromatic heterocycles. The van der Waals surface area contributed by atoms with E-state index in [-0.39, 0.29) is 24.3 Å². The Hall–Kier alpha value is -1.59. The SMILES string of the molecule is CC1(C2CC2)NC(=O)N(CC(=O)N2CCC2)C1=O. The van der Waals surface area contributed by atoms with Crippen molar-refractivity contribution in [3.8, 4) is 0 Å². The zero-order valence-corrected chi connectivity index (χ0v) is 10.4. The summed E-state index contributed by atoms with van der Waals surface area (Å²) in [7, 11) is 0. The van der Waals surface area contributed by atoms with Gasteiger partial charge in [0.25, 0.3) is 5.91 Å². The van der Waals surface area contributed by atoms with E-state index in [0.29, 0.717) is 0 Å². The molecule has 3 fully saturated rings. The highest BCUT2D eigenvalue weighted by Crippen LogP contribution is 2.42. The third-order valence-corrected chi connectivity index (χ3v) is 4.20. The highest BCUT2D eigenvalue weighted by molar-refractivity contribution is 6.09. The van der Waals surface area contributed by atoms with Crippen LogP contribution < -0.4 is 5.32 Å². The first kappa shape index (κ1) is 11.5. The van der Waals surface area contributed by atoms with Crippen LogP contribution >= 0.6 is 0 Å². The fourth-order valence-electron chi connectivity index (χ4n) is 2.60. The van der Waals surface area contributed by atoms with Crippen LogP contribution in [0.1, 0.15) is 26.2 Å². The van der Waals surface area contributed by atoms with Gasteiger partial charge in [0, 0.05) is 13.1 Å². The van der Waals surface area contributed by atoms with Crippen LogP contribution in [0.3, 0.4) is 0 Å². The van der Waals surface area contributed by atoms with Gasteiger partial charge in [-0.15, -0.1) is 0 Å². The van der Waals surface area contributed by atoms with Gasteiger partial charge in [0.2, 0.25) is 5.91 Å². The first-order valence-electron chi connectivity index (χ1n) is 6.44. The zero-order valence-electron chi connectivity index (χ0n) is 10.4. The molecule has 2 saturated heterocycles. The molecule has 1 unspecified atom stereocenters. The average molecular weight is 251 g/mol. The molecule has 2 aliphatic heterocycles. The molecule has 0 aromatic rings. The highest BCUT2D eigenvalue weighted by atomic mass is 16.2. The molecular formula is C12H17N3O3. The molecule has 4 amide bonds. The molecule has 0 bridgehead atoms. The van der Waals surface area contributed by atoms with E-state index >= 15 is 0 Å². The van der Waals surface area contributed by atoms with E-state index in [1.54, 1.807) is 11.8 Å². The van der Waals surface area contributed by atoms with Crippen molar-refractivity contribution in [1.82, 2.24) is 15.1 Å². The number of rotatable bonds is 3. The van der Waals surface area contributed by atoms with E-state index in [2.05, 4.69) is 5.32 Å². The fourth-order valence-corrected chi connectivity index (χ4v) is 2.60. The maximum absolute atomic E-state index is 12.3. The van der Waals surface area contributed by atoms with Crippen LogP contribution in [0.4, 0.5) is 4.79 Å². The predicted octanol–water partition coefficient (Wildman–Crippen LogP) is -0.0608. The van der Waals surface area contributed by atoms with Crippen LogP contribution in [-0.4, -0.2) is 52.8 Å². The minimum atomic E-state index is -0.785. The number of amides is 4. The predicted molar refractivity (Wildman–Crippen MR) is 62.6 cm³/mol. The van der Waals surface area contributed by atoms with Gasteiger partial charge in [-0.3, -0.25) is 14.5 Å². The van der Waals surface area contributed by atoms with Gasteiger partial charge < -0.3 is 10.2 Å². The number of urea groups is 1. The lowest BCUT2D eigenvalue weighted by Crippen LogP contribution is -2.49. The molecule has 0 aromatic carbocycles. The Morgan fingerprint density at radius 1 is 1.39 bits per heavy atom. The van der Waals surface area contributed by atoms with Gasteiger partial charge in [0.1, 0.15) is 12.1 Å². The van der Waals surface area contributed by atoms with Crippen LogP contribution in [0.2, 0.25) is 0 Å². The Morgan fingerprint density at radius 2 is 2.06 bits per heavy atom. The van der Waals surface area contributed by atoms with Gasteiger partial charge in [-0.25, -0.2) is 4.79 Å². The molecule has 6 heteroatoms. The molecule has 2 heterocycles. The van der Waals surface area contributed by atoms with Crippen LogP contribution in [-0.2, 0) is 9.59 Å². The maximum Gasteiger partial charge on any atom is 0.325 e. The summed E-state index contributed by atoms with van der Waals surface area (Å²) in [6.07, 6.45) is 2.94. The first-order valence-corrected chi connectivity index (χ1v) is 6.44. The summed E-state index contributed by atoms with van der Waals surface area (Å²) >= 11 is 0. The van der Waals surface area contributed by atoms with Crippen molar-refractivity contribution in [3.63, 3.8) is 0 Å². The Kier molecular flexibility index (Phi) is 2.36. The second-order valence-corrected chi connectivity index (χ2v) is 5.53. The second kappa shape index (κ2) is 3.70. The van der Waals surface area contributed by atoms with Gasteiger partial charge in [-0.1, -0.05) is 0 Å². The van der Waals surface area contributed by atoms with Crippen molar-refractivity contribution in [2.45, 2.75) is 31.7 Å². The normalized spacial score (nSPS) is 31.4. The summed E-state index contributed by atoms with van der Waals surface area (Å²) in [5, 5.41) is 2.74. The molecule has 3 rings (SSSR count). The molecule has 1 aliphatic carbocycles. The van der Waals surface area contributed by atoms with Gasteiger partial charge >= 0.3 is 6.03 Å². The summed E-state index contributed by atoms with van der Waals surface area (Å²) in [4.78, 5) is 38.6. The topological polar surface area (TPSA) is 69.7 Å². The van der Waals surface area contributed by atoms with Crippen molar-refractivity contribution >= 4 is 17.8 Å². The van der Waals surface area contributed by atoms with Crippen molar-refractivity contribution in [1.29, 1.82) is 0 Å². The molecule has 1 N–H and O–H groups in total. The number of hydrogen-bond acceptors (Lipinski definition) is 3. The lowest BCUT2D eigenvalue weighted by atomic mass is 9.96. The van der Waals surface area contributed by atoms with Gasteiger partial charge in [0.15, 0.2) is 0 Å². The second-order valence-electron chi connectivity index (χ2n) is 5.53. The Balaban J connectivity index is 1.70. The quantitative estimate of drug-likeness (QED) is 0.714. The van der Waals surface area contributed by atoms with Crippen LogP contribution in [0.5, 0.6) is 0 Å². The number of nitrogens with one attached hydrogen (secondary N) is 1. The first-order chi connectivity index (χ1) is 8.52. The minimum Gasteiger partial charge on any atom is -0.341 e. The molecule has 1 atom stereocenters. The summed E-state index contributed by atoms with van der Waals surface area (Å²) < 4.78 is 0. The van der Waals surface area contributed by atoms with E-state index in [0.717, 1.165) is 37.3 Å². The van der Waals surface area contributed by atoms with E-state index in [1.165, 1.54) is 0 Å². The smallest absolute Gasteiger partial charge is 0.325 e. The van der Waals surface area contributed by atoms with Crippen LogP contribution in [0, 0.1) is 5.92 Å². The highest BCUT2D eigenvalue weighted by Gasteiger charge is 2.56. The van der Waals surface area contributed by atoms with E-state index in [4.69, 9.17) is 0 Å². The molecule has 98 valence electrons. The number of carbonyl (C=O) groups is 3. The van der Waals surface area contributed by atoms with Crippen molar-refractivity contribution in [2.24, 2.45) is 5.92 Å². The van der Waals surface area contributed by atoms with Gasteiger partial charge in [-0.2, -0.15) is 0 Å². The molecule has 18 heavy (non-hydrogen) atoms. The maximum atomic E-state index is 12.3. The number of nitrogens with zero attached hydrogens (tertiary/aromatic N) is 2. The van der Waals surface area contributed by atoms with Gasteiger partial charge in [-0.05, 0) is 32.1 Å². The lowest BCUT2D eigenvalue weighted by molar-refractivity contribution is -0.141. The largest absolute Gasteiger partial charge is 0.341 e. The standard InChI is InChI=1S/C12H17N3O3/c1-12(8-3-4-8)10(17)15(11(18)13-12)7-9(16)14-5-2-6-14/h8H,2-7H2,1H3,(H,13,18). The summed E-state index contributed by atoms with van der Waals surface area (Å²) in [6.45, 7) is 3.12. The molecule has 0 radical (unpaired) electrons. The fraction of sp³-hybridized carbons (Fsp3) is 0.750. The minimum absolute atomic E-state index is 0.118. The van der Waals surface area contributed by atoms with E-state index in [9.17, 15) is 14.4 Å². The Labute approximate surface area is 105 Å². The average Bonchev–Trinajstić information content (AvgIpc) is 3.02. The van der Waals surface area contributed by atoms with E-state index in [1.807, 2.05) is 0 Å². The summed E-state index contributed by atoms with van der Waals surface area (Å²) in [5.41, 5.74) is -0.785. The zero-order chi connectivity index (χ0) is 12.9. The Bertz CT molecular complexity index is 428. The van der Waals surface area contributed by atoms with Crippen LogP contribution in [0.25, 0.3) is 0 Å². The summed E-state index contributed by atoms with van der Waals surface area (Å²) in [5.74, 6) is -0.147. The third-order valence-electron chi connectivity index (χ3n) is 4.20. The molecule has 1 saturated carbocycles. The monoisotopic (exact) mass is 251 g/mol. The number of hydrogen-bond donors (Lipinski definition) is 1. The van der Waals surface area contributed by atoms with Gasteiger partial charge in [0.05, 0.1) is 0 Å². The van der Waals surface area contributed by atoms with Crippen molar-refractivity contribution < 1.29 is 14.4 Å².